The molecule has 1 aromatic carbocycles. The van der Waals surface area contributed by atoms with Crippen LogP contribution in [0, 0.1) is 6.92 Å². The summed E-state index contributed by atoms with van der Waals surface area (Å²) in [6.07, 6.45) is 0.221. The molecular formula is C13H22NNaO5S. The average molecular weight is 327 g/mol. The molecule has 0 saturated heterocycles. The van der Waals surface area contributed by atoms with Gasteiger partial charge in [-0.2, -0.15) is 14.8 Å². The van der Waals surface area contributed by atoms with Crippen LogP contribution in [-0.2, 0) is 10.1 Å². The number of benzene rings is 1. The van der Waals surface area contributed by atoms with Crippen LogP contribution in [0.15, 0.2) is 18.2 Å². The predicted molar refractivity (Wildman–Crippen MR) is 80.1 cm³/mol. The van der Waals surface area contributed by atoms with Crippen molar-refractivity contribution in [2.75, 3.05) is 31.8 Å². The first-order chi connectivity index (χ1) is 9.37. The zero-order chi connectivity index (χ0) is 15.6. The van der Waals surface area contributed by atoms with E-state index in [0.717, 1.165) is 23.7 Å². The van der Waals surface area contributed by atoms with Crippen molar-refractivity contribution in [1.82, 2.24) is 0 Å². The Morgan fingerprint density at radius 3 is 2.24 bits per heavy atom. The number of methoxy groups -OCH3 is 2. The standard InChI is InChI=1S/C10H15NO2.C3H7O3S.Na/c1-4-11-9-6-5-8(12-2)7-10(9)13-3;1-2-3-7(4,5)6;/h5-7,11H,4H2,1-3H3;1-3H2,(H,4,5,6);/q;-1;+1. The molecular weight excluding hydrogens is 305 g/mol. The Kier molecular flexibility index (Phi) is 13.2. The van der Waals surface area contributed by atoms with E-state index in [1.54, 1.807) is 14.2 Å². The molecule has 8 heteroatoms. The Morgan fingerprint density at radius 1 is 1.29 bits per heavy atom. The van der Waals surface area contributed by atoms with E-state index in [1.807, 2.05) is 25.1 Å². The molecule has 1 aromatic rings. The van der Waals surface area contributed by atoms with Crippen LogP contribution < -0.4 is 44.3 Å². The maximum atomic E-state index is 9.75. The van der Waals surface area contributed by atoms with Crippen LogP contribution in [0.4, 0.5) is 5.69 Å². The van der Waals surface area contributed by atoms with Crippen molar-refractivity contribution in [3.05, 3.63) is 25.1 Å². The largest absolute Gasteiger partial charge is 1.00 e. The Bertz CT molecular complexity index is 493. The van der Waals surface area contributed by atoms with Gasteiger partial charge in [0.2, 0.25) is 0 Å². The van der Waals surface area contributed by atoms with Crippen LogP contribution in [0.25, 0.3) is 0 Å². The molecule has 0 saturated carbocycles. The molecule has 0 aromatic heterocycles. The maximum Gasteiger partial charge on any atom is 1.00 e. The number of anilines is 1. The van der Waals surface area contributed by atoms with E-state index in [1.165, 1.54) is 0 Å². The molecule has 0 amide bonds. The molecule has 0 aliphatic heterocycles. The monoisotopic (exact) mass is 327 g/mol. The normalized spacial score (nSPS) is 9.76. The van der Waals surface area contributed by atoms with Crippen molar-refractivity contribution in [2.45, 2.75) is 13.3 Å². The van der Waals surface area contributed by atoms with E-state index in [4.69, 9.17) is 14.0 Å². The van der Waals surface area contributed by atoms with Gasteiger partial charge in [0.15, 0.2) is 0 Å². The molecule has 1 rings (SSSR count). The van der Waals surface area contributed by atoms with E-state index >= 15 is 0 Å². The van der Waals surface area contributed by atoms with Gasteiger partial charge >= 0.3 is 29.6 Å². The molecule has 0 fully saturated rings. The quantitative estimate of drug-likeness (QED) is 0.406. The minimum atomic E-state index is -3.74. The van der Waals surface area contributed by atoms with Gasteiger partial charge in [0.05, 0.1) is 19.9 Å². The summed E-state index contributed by atoms with van der Waals surface area (Å²) in [6.45, 7) is 6.15. The Labute approximate surface area is 149 Å². The molecule has 0 heterocycles. The van der Waals surface area contributed by atoms with Gasteiger partial charge in [-0.1, -0.05) is 0 Å². The fourth-order valence-corrected chi connectivity index (χ4v) is 1.68. The van der Waals surface area contributed by atoms with E-state index in [-0.39, 0.29) is 41.7 Å². The second-order valence-corrected chi connectivity index (χ2v) is 5.31. The summed E-state index contributed by atoms with van der Waals surface area (Å²) < 4.78 is 37.7. The molecule has 2 N–H and O–H groups in total. The third-order valence-electron chi connectivity index (χ3n) is 2.18. The Hall–Kier alpha value is -0.470. The molecule has 0 aliphatic rings. The minimum absolute atomic E-state index is 0. The van der Waals surface area contributed by atoms with Crippen LogP contribution in [0.5, 0.6) is 11.5 Å². The first kappa shape index (κ1) is 22.8. The smallest absolute Gasteiger partial charge is 0.497 e. The van der Waals surface area contributed by atoms with Gasteiger partial charge in [-0.3, -0.25) is 4.55 Å². The summed E-state index contributed by atoms with van der Waals surface area (Å²) in [5.74, 6) is 1.37. The molecule has 0 atom stereocenters. The van der Waals surface area contributed by atoms with Gasteiger partial charge in [0, 0.05) is 18.4 Å². The zero-order valence-electron chi connectivity index (χ0n) is 13.0. The molecule has 6 nitrogen and oxygen atoms in total. The molecule has 0 radical (unpaired) electrons. The first-order valence-corrected chi connectivity index (χ1v) is 7.69. The SMILES string of the molecule is CCNc1ccc(OC)cc1OC.[CH2-]CCS(=O)(=O)O.[Na+]. The van der Waals surface area contributed by atoms with E-state index in [2.05, 4.69) is 12.2 Å². The summed E-state index contributed by atoms with van der Waals surface area (Å²) in [5, 5.41) is 3.20. The van der Waals surface area contributed by atoms with Gasteiger partial charge in [-0.15, -0.1) is 0 Å². The van der Waals surface area contributed by atoms with Crippen LogP contribution in [-0.4, -0.2) is 39.5 Å². The summed E-state index contributed by atoms with van der Waals surface area (Å²) in [7, 11) is -0.448. The van der Waals surface area contributed by atoms with Gasteiger partial charge in [-0.25, -0.2) is 0 Å². The Balaban J connectivity index is 0. The van der Waals surface area contributed by atoms with Gasteiger partial charge < -0.3 is 21.7 Å². The number of hydrogen-bond donors (Lipinski definition) is 2. The molecule has 0 spiro atoms. The summed E-state index contributed by atoms with van der Waals surface area (Å²) in [5.41, 5.74) is 0.991. The fourth-order valence-electron chi connectivity index (χ4n) is 1.32. The summed E-state index contributed by atoms with van der Waals surface area (Å²) in [6, 6.07) is 5.71. The van der Waals surface area contributed by atoms with Gasteiger partial charge in [0.1, 0.15) is 11.5 Å². The number of nitrogens with one attached hydrogen (secondary N) is 1. The third-order valence-corrected chi connectivity index (χ3v) is 2.98. The van der Waals surface area contributed by atoms with Crippen LogP contribution in [0.2, 0.25) is 0 Å². The van der Waals surface area contributed by atoms with Gasteiger partial charge in [-0.05, 0) is 19.1 Å². The third kappa shape index (κ3) is 10.8. The van der Waals surface area contributed by atoms with E-state index in [9.17, 15) is 8.42 Å². The number of ether oxygens (including phenoxy) is 2. The van der Waals surface area contributed by atoms with Crippen LogP contribution in [0.1, 0.15) is 13.3 Å². The molecule has 116 valence electrons. The average Bonchev–Trinajstić information content (AvgIpc) is 2.39. The van der Waals surface area contributed by atoms with Crippen molar-refractivity contribution in [3.63, 3.8) is 0 Å². The predicted octanol–water partition coefficient (Wildman–Crippen LogP) is -0.762. The minimum Gasteiger partial charge on any atom is -0.497 e. The van der Waals surface area contributed by atoms with Crippen molar-refractivity contribution < 1.29 is 52.0 Å². The second kappa shape index (κ2) is 12.1. The van der Waals surface area contributed by atoms with E-state index in [0.29, 0.717) is 0 Å². The first-order valence-electron chi connectivity index (χ1n) is 6.08. The molecule has 0 bridgehead atoms. The second-order valence-electron chi connectivity index (χ2n) is 3.74. The zero-order valence-corrected chi connectivity index (χ0v) is 15.9. The molecule has 21 heavy (non-hydrogen) atoms. The molecule has 0 unspecified atom stereocenters. The van der Waals surface area contributed by atoms with Crippen LogP contribution >= 0.6 is 0 Å². The topological polar surface area (TPSA) is 84.9 Å². The number of rotatable bonds is 6. The van der Waals surface area contributed by atoms with Crippen molar-refractivity contribution in [3.8, 4) is 11.5 Å². The van der Waals surface area contributed by atoms with Crippen molar-refractivity contribution >= 4 is 15.8 Å². The Morgan fingerprint density at radius 2 is 1.90 bits per heavy atom. The maximum absolute atomic E-state index is 9.75. The van der Waals surface area contributed by atoms with Crippen molar-refractivity contribution in [2.24, 2.45) is 0 Å². The van der Waals surface area contributed by atoms with Crippen molar-refractivity contribution in [1.29, 1.82) is 0 Å². The molecule has 0 aliphatic carbocycles. The van der Waals surface area contributed by atoms with Gasteiger partial charge in [0.25, 0.3) is 10.1 Å². The van der Waals surface area contributed by atoms with Crippen LogP contribution in [0.3, 0.4) is 0 Å². The van der Waals surface area contributed by atoms with E-state index < -0.39 is 10.1 Å². The number of hydrogen-bond acceptors (Lipinski definition) is 5. The fraction of sp³-hybridized carbons (Fsp3) is 0.462. The summed E-state index contributed by atoms with van der Waals surface area (Å²) in [4.78, 5) is 0. The summed E-state index contributed by atoms with van der Waals surface area (Å²) >= 11 is 0.